The monoisotopic (exact) mass is 453 g/mol. The first-order chi connectivity index (χ1) is 14.9. The van der Waals surface area contributed by atoms with Crippen molar-refractivity contribution in [2.45, 2.75) is 31.6 Å². The molecule has 160 valence electrons. The Morgan fingerprint density at radius 2 is 1.97 bits per heavy atom. The number of aryl methyl sites for hydroxylation is 1. The predicted molar refractivity (Wildman–Crippen MR) is 126 cm³/mol. The van der Waals surface area contributed by atoms with Crippen molar-refractivity contribution in [3.8, 4) is 0 Å². The molecule has 3 aromatic rings. The summed E-state index contributed by atoms with van der Waals surface area (Å²) >= 11 is 1.33. The van der Waals surface area contributed by atoms with Gasteiger partial charge < -0.3 is 10.2 Å². The van der Waals surface area contributed by atoms with Crippen molar-refractivity contribution >= 4 is 44.5 Å². The van der Waals surface area contributed by atoms with Crippen molar-refractivity contribution < 1.29 is 13.2 Å². The topological polar surface area (TPSA) is 78.8 Å². The average Bonchev–Trinajstić information content (AvgIpc) is 3.28. The van der Waals surface area contributed by atoms with E-state index in [0.717, 1.165) is 24.0 Å². The maximum absolute atomic E-state index is 13.1. The van der Waals surface area contributed by atoms with Gasteiger partial charge in [0.2, 0.25) is 0 Å². The average molecular weight is 454 g/mol. The quantitative estimate of drug-likeness (QED) is 0.566. The first kappa shape index (κ1) is 21.3. The van der Waals surface area contributed by atoms with Crippen LogP contribution in [0.1, 0.15) is 40.6 Å². The Labute approximate surface area is 186 Å². The number of hydrogen-bond acceptors (Lipinski definition) is 5. The van der Waals surface area contributed by atoms with Crippen LogP contribution in [-0.4, -0.2) is 26.7 Å². The summed E-state index contributed by atoms with van der Waals surface area (Å²) in [6.45, 7) is 4.70. The van der Waals surface area contributed by atoms with Crippen LogP contribution >= 0.6 is 11.3 Å². The van der Waals surface area contributed by atoms with Gasteiger partial charge in [-0.2, -0.15) is 8.42 Å². The molecule has 2 heterocycles. The van der Waals surface area contributed by atoms with Crippen LogP contribution in [0.2, 0.25) is 0 Å². The Balaban J connectivity index is 1.76. The van der Waals surface area contributed by atoms with Crippen molar-refractivity contribution in [2.75, 3.05) is 16.8 Å². The van der Waals surface area contributed by atoms with Crippen molar-refractivity contribution in [2.24, 2.45) is 4.40 Å². The molecule has 0 aliphatic carbocycles. The molecule has 8 heteroatoms. The number of amides is 1. The number of hydrogen-bond donors (Lipinski definition) is 1. The SMILES string of the molecule is CCCCN1C(c2cccc(C)c2)=NS(=O)(=O)c2cc(NC(=O)c3cccs3)ccc21. The number of rotatable bonds is 6. The van der Waals surface area contributed by atoms with E-state index in [2.05, 4.69) is 16.6 Å². The molecule has 2 aromatic carbocycles. The summed E-state index contributed by atoms with van der Waals surface area (Å²) < 4.78 is 30.4. The van der Waals surface area contributed by atoms with Gasteiger partial charge in [-0.15, -0.1) is 15.7 Å². The van der Waals surface area contributed by atoms with Crippen LogP contribution in [0.4, 0.5) is 11.4 Å². The van der Waals surface area contributed by atoms with Crippen molar-refractivity contribution in [3.05, 3.63) is 76.0 Å². The van der Waals surface area contributed by atoms with Gasteiger partial charge in [0.25, 0.3) is 15.9 Å². The summed E-state index contributed by atoms with van der Waals surface area (Å²) in [6, 6.07) is 16.2. The second-order valence-corrected chi connectivity index (χ2v) is 9.90. The van der Waals surface area contributed by atoms with E-state index in [1.807, 2.05) is 41.5 Å². The largest absolute Gasteiger partial charge is 0.324 e. The number of benzene rings is 2. The van der Waals surface area contributed by atoms with Crippen molar-refractivity contribution in [1.82, 2.24) is 0 Å². The van der Waals surface area contributed by atoms with Gasteiger partial charge in [0, 0.05) is 17.8 Å². The zero-order valence-corrected chi connectivity index (χ0v) is 19.0. The van der Waals surface area contributed by atoms with Crippen LogP contribution in [0, 0.1) is 6.92 Å². The minimum absolute atomic E-state index is 0.101. The van der Waals surface area contributed by atoms with Gasteiger partial charge in [-0.3, -0.25) is 4.79 Å². The number of nitrogens with one attached hydrogen (secondary N) is 1. The lowest BCUT2D eigenvalue weighted by Gasteiger charge is -2.31. The highest BCUT2D eigenvalue weighted by Crippen LogP contribution is 2.35. The highest BCUT2D eigenvalue weighted by molar-refractivity contribution is 7.90. The van der Waals surface area contributed by atoms with E-state index in [0.29, 0.717) is 28.6 Å². The Kier molecular flexibility index (Phi) is 5.93. The van der Waals surface area contributed by atoms with E-state index < -0.39 is 10.0 Å². The van der Waals surface area contributed by atoms with Crippen molar-refractivity contribution in [3.63, 3.8) is 0 Å². The Morgan fingerprint density at radius 1 is 1.13 bits per heavy atom. The van der Waals surface area contributed by atoms with E-state index in [-0.39, 0.29) is 10.8 Å². The van der Waals surface area contributed by atoms with Gasteiger partial charge in [0.05, 0.1) is 10.6 Å². The second-order valence-electron chi connectivity index (χ2n) is 7.38. The summed E-state index contributed by atoms with van der Waals surface area (Å²) in [4.78, 5) is 15.0. The molecule has 0 atom stereocenters. The maximum Gasteiger partial charge on any atom is 0.286 e. The molecule has 0 saturated heterocycles. The molecule has 1 aromatic heterocycles. The fourth-order valence-corrected chi connectivity index (χ4v) is 5.35. The molecule has 1 aliphatic heterocycles. The Bertz CT molecular complexity index is 1250. The van der Waals surface area contributed by atoms with E-state index in [4.69, 9.17) is 0 Å². The molecule has 0 radical (unpaired) electrons. The molecule has 0 spiro atoms. The molecule has 0 unspecified atom stereocenters. The molecule has 1 aliphatic rings. The van der Waals surface area contributed by atoms with Crippen LogP contribution in [0.25, 0.3) is 0 Å². The van der Waals surface area contributed by atoms with E-state index in [1.165, 1.54) is 17.4 Å². The van der Waals surface area contributed by atoms with Gasteiger partial charge in [0.1, 0.15) is 4.90 Å². The molecule has 1 N–H and O–H groups in total. The molecule has 0 fully saturated rings. The van der Waals surface area contributed by atoms with Crippen LogP contribution < -0.4 is 10.2 Å². The van der Waals surface area contributed by atoms with Crippen molar-refractivity contribution in [1.29, 1.82) is 0 Å². The zero-order chi connectivity index (χ0) is 22.0. The lowest BCUT2D eigenvalue weighted by molar-refractivity contribution is 0.103. The van der Waals surface area contributed by atoms with Crippen LogP contribution in [-0.2, 0) is 10.0 Å². The number of anilines is 2. The minimum atomic E-state index is -3.92. The summed E-state index contributed by atoms with van der Waals surface area (Å²) in [5.41, 5.74) is 2.80. The highest BCUT2D eigenvalue weighted by Gasteiger charge is 2.32. The molecule has 6 nitrogen and oxygen atoms in total. The molecule has 0 saturated carbocycles. The predicted octanol–water partition coefficient (Wildman–Crippen LogP) is 5.06. The van der Waals surface area contributed by atoms with Crippen LogP contribution in [0.5, 0.6) is 0 Å². The second kappa shape index (κ2) is 8.64. The normalized spacial score (nSPS) is 14.6. The van der Waals surface area contributed by atoms with Gasteiger partial charge in [-0.05, 0) is 49.1 Å². The maximum atomic E-state index is 13.1. The standard InChI is InChI=1S/C23H23N3O3S2/c1-3-4-12-26-19-11-10-18(24-23(27)20-9-6-13-30-20)15-21(19)31(28,29)25-22(26)17-8-5-7-16(2)14-17/h5-11,13-15H,3-4,12H2,1-2H3,(H,24,27). The number of carbonyl (C=O) groups is 1. The number of sulfonamides is 1. The number of carbonyl (C=O) groups excluding carboxylic acids is 1. The van der Waals surface area contributed by atoms with Gasteiger partial charge in [-0.1, -0.05) is 43.2 Å². The lowest BCUT2D eigenvalue weighted by Crippen LogP contribution is -2.37. The summed E-state index contributed by atoms with van der Waals surface area (Å²) in [6.07, 6.45) is 1.86. The number of nitrogens with zero attached hydrogens (tertiary/aromatic N) is 2. The van der Waals surface area contributed by atoms with Gasteiger partial charge in [-0.25, -0.2) is 0 Å². The molecule has 31 heavy (non-hydrogen) atoms. The zero-order valence-electron chi connectivity index (χ0n) is 17.3. The first-order valence-corrected chi connectivity index (χ1v) is 12.4. The molecule has 4 rings (SSSR count). The van der Waals surface area contributed by atoms with Crippen LogP contribution in [0.15, 0.2) is 69.3 Å². The molecule has 0 bridgehead atoms. The van der Waals surface area contributed by atoms with Gasteiger partial charge >= 0.3 is 0 Å². The minimum Gasteiger partial charge on any atom is -0.324 e. The third-order valence-corrected chi connectivity index (χ3v) is 7.17. The summed E-state index contributed by atoms with van der Waals surface area (Å²) in [5, 5.41) is 4.60. The number of thiophene rings is 1. The third-order valence-electron chi connectivity index (χ3n) is 5.01. The first-order valence-electron chi connectivity index (χ1n) is 10.1. The molecule has 1 amide bonds. The number of unbranched alkanes of at least 4 members (excludes halogenated alkanes) is 1. The fourth-order valence-electron chi connectivity index (χ4n) is 3.48. The lowest BCUT2D eigenvalue weighted by atomic mass is 10.1. The third kappa shape index (κ3) is 4.40. The Morgan fingerprint density at radius 3 is 2.68 bits per heavy atom. The number of fused-ring (bicyclic) bond motifs is 1. The fraction of sp³-hybridized carbons (Fsp3) is 0.217. The van der Waals surface area contributed by atoms with E-state index in [9.17, 15) is 13.2 Å². The molecular weight excluding hydrogens is 430 g/mol. The van der Waals surface area contributed by atoms with Crippen LogP contribution in [0.3, 0.4) is 0 Å². The highest BCUT2D eigenvalue weighted by atomic mass is 32.2. The van der Waals surface area contributed by atoms with E-state index >= 15 is 0 Å². The van der Waals surface area contributed by atoms with Gasteiger partial charge in [0.15, 0.2) is 5.84 Å². The molecular formula is C23H23N3O3S2. The smallest absolute Gasteiger partial charge is 0.286 e. The summed E-state index contributed by atoms with van der Waals surface area (Å²) in [7, 11) is -3.92. The Hall–Kier alpha value is -2.97. The van der Waals surface area contributed by atoms with E-state index in [1.54, 1.807) is 24.3 Å². The number of amidine groups is 1. The summed E-state index contributed by atoms with van der Waals surface area (Å²) in [5.74, 6) is 0.162.